The normalized spacial score (nSPS) is 20.6. The zero-order valence-corrected chi connectivity index (χ0v) is 11.3. The van der Waals surface area contributed by atoms with Crippen LogP contribution in [-0.2, 0) is 9.84 Å². The Hall–Kier alpha value is -1.14. The van der Waals surface area contributed by atoms with Gasteiger partial charge in [0.25, 0.3) is 0 Å². The van der Waals surface area contributed by atoms with Gasteiger partial charge in [0.05, 0.1) is 11.9 Å². The van der Waals surface area contributed by atoms with Crippen molar-refractivity contribution in [2.24, 2.45) is 0 Å². The van der Waals surface area contributed by atoms with Gasteiger partial charge in [-0.05, 0) is 31.5 Å². The zero-order chi connectivity index (χ0) is 13.0. The van der Waals surface area contributed by atoms with Crippen molar-refractivity contribution in [3.8, 4) is 0 Å². The van der Waals surface area contributed by atoms with Crippen LogP contribution in [0.5, 0.6) is 0 Å². The molecule has 1 aromatic rings. The minimum Gasteiger partial charge on any atom is -0.382 e. The minimum absolute atomic E-state index is 0.115. The van der Waals surface area contributed by atoms with Crippen molar-refractivity contribution in [1.82, 2.24) is 10.3 Å². The highest BCUT2D eigenvalue weighted by molar-refractivity contribution is 7.90. The molecule has 6 heteroatoms. The third-order valence-corrected chi connectivity index (χ3v) is 4.08. The van der Waals surface area contributed by atoms with Gasteiger partial charge in [-0.1, -0.05) is 6.42 Å². The van der Waals surface area contributed by atoms with Crippen LogP contribution in [0, 0.1) is 0 Å². The number of hydrogen-bond acceptors (Lipinski definition) is 5. The van der Waals surface area contributed by atoms with Crippen LogP contribution < -0.4 is 10.6 Å². The molecular weight excluding hydrogens is 250 g/mol. The van der Waals surface area contributed by atoms with Crippen LogP contribution in [0.2, 0.25) is 0 Å². The van der Waals surface area contributed by atoms with E-state index in [1.807, 2.05) is 0 Å². The molecular formula is C12H19N3O2S. The Bertz CT molecular complexity index is 479. The molecule has 1 atom stereocenters. The van der Waals surface area contributed by atoms with Gasteiger partial charge in [0, 0.05) is 18.8 Å². The summed E-state index contributed by atoms with van der Waals surface area (Å²) in [6, 6.07) is 3.78. The van der Waals surface area contributed by atoms with Crippen LogP contribution >= 0.6 is 0 Å². The van der Waals surface area contributed by atoms with E-state index in [-0.39, 0.29) is 5.03 Å². The molecule has 0 amide bonds. The maximum Gasteiger partial charge on any atom is 0.192 e. The van der Waals surface area contributed by atoms with Gasteiger partial charge in [0.2, 0.25) is 0 Å². The Balaban J connectivity index is 1.90. The maximum absolute atomic E-state index is 11.3. The first-order valence-corrected chi connectivity index (χ1v) is 8.08. The molecule has 2 heterocycles. The van der Waals surface area contributed by atoms with E-state index in [4.69, 9.17) is 0 Å². The summed E-state index contributed by atoms with van der Waals surface area (Å²) in [5, 5.41) is 6.83. The standard InChI is InChI=1S/C12H19N3O2S/c1-18(16,17)12-6-5-11(9-15-12)14-8-10-4-2-3-7-13-10/h5-6,9-10,13-14H,2-4,7-8H2,1H3. The first-order valence-electron chi connectivity index (χ1n) is 6.19. The quantitative estimate of drug-likeness (QED) is 0.854. The lowest BCUT2D eigenvalue weighted by molar-refractivity contribution is 0.414. The predicted octanol–water partition coefficient (Wildman–Crippen LogP) is 1.04. The van der Waals surface area contributed by atoms with Crippen molar-refractivity contribution in [3.63, 3.8) is 0 Å². The Labute approximate surface area is 108 Å². The van der Waals surface area contributed by atoms with Crippen molar-refractivity contribution in [3.05, 3.63) is 18.3 Å². The molecule has 100 valence electrons. The van der Waals surface area contributed by atoms with Gasteiger partial charge in [-0.15, -0.1) is 0 Å². The van der Waals surface area contributed by atoms with Crippen molar-refractivity contribution in [2.45, 2.75) is 30.3 Å². The number of anilines is 1. The molecule has 0 saturated carbocycles. The lowest BCUT2D eigenvalue weighted by Crippen LogP contribution is -2.39. The van der Waals surface area contributed by atoms with Crippen LogP contribution in [0.3, 0.4) is 0 Å². The second-order valence-electron chi connectivity index (χ2n) is 4.69. The summed E-state index contributed by atoms with van der Waals surface area (Å²) in [6.45, 7) is 1.93. The van der Waals surface area contributed by atoms with Gasteiger partial charge in [-0.25, -0.2) is 13.4 Å². The van der Waals surface area contributed by atoms with Gasteiger partial charge in [-0.2, -0.15) is 0 Å². The predicted molar refractivity (Wildman–Crippen MR) is 71.5 cm³/mol. The molecule has 1 aromatic heterocycles. The van der Waals surface area contributed by atoms with Gasteiger partial charge in [0.15, 0.2) is 14.9 Å². The van der Waals surface area contributed by atoms with Crippen LogP contribution in [0.1, 0.15) is 19.3 Å². The molecule has 18 heavy (non-hydrogen) atoms. The van der Waals surface area contributed by atoms with E-state index in [1.165, 1.54) is 25.3 Å². The molecule has 0 bridgehead atoms. The zero-order valence-electron chi connectivity index (χ0n) is 10.5. The number of aromatic nitrogens is 1. The summed E-state index contributed by atoms with van der Waals surface area (Å²) in [6.07, 6.45) is 6.43. The average Bonchev–Trinajstić information content (AvgIpc) is 2.37. The van der Waals surface area contributed by atoms with E-state index >= 15 is 0 Å². The molecule has 2 rings (SSSR count). The van der Waals surface area contributed by atoms with Crippen molar-refractivity contribution < 1.29 is 8.42 Å². The number of hydrogen-bond donors (Lipinski definition) is 2. The van der Waals surface area contributed by atoms with E-state index in [0.717, 1.165) is 25.0 Å². The van der Waals surface area contributed by atoms with Crippen molar-refractivity contribution >= 4 is 15.5 Å². The van der Waals surface area contributed by atoms with E-state index in [0.29, 0.717) is 6.04 Å². The molecule has 2 N–H and O–H groups in total. The monoisotopic (exact) mass is 269 g/mol. The molecule has 0 spiro atoms. The van der Waals surface area contributed by atoms with Gasteiger partial charge >= 0.3 is 0 Å². The lowest BCUT2D eigenvalue weighted by atomic mass is 10.1. The second kappa shape index (κ2) is 5.67. The summed E-state index contributed by atoms with van der Waals surface area (Å²) in [5.41, 5.74) is 0.856. The summed E-state index contributed by atoms with van der Waals surface area (Å²) in [7, 11) is -3.21. The Morgan fingerprint density at radius 3 is 2.83 bits per heavy atom. The Morgan fingerprint density at radius 2 is 2.28 bits per heavy atom. The number of nitrogens with one attached hydrogen (secondary N) is 2. The van der Waals surface area contributed by atoms with Gasteiger partial charge in [0.1, 0.15) is 0 Å². The van der Waals surface area contributed by atoms with Crippen molar-refractivity contribution in [2.75, 3.05) is 24.7 Å². The van der Waals surface area contributed by atoms with Crippen LogP contribution in [-0.4, -0.2) is 38.8 Å². The van der Waals surface area contributed by atoms with Gasteiger partial charge in [-0.3, -0.25) is 0 Å². The number of sulfone groups is 1. The molecule has 1 unspecified atom stereocenters. The largest absolute Gasteiger partial charge is 0.382 e. The maximum atomic E-state index is 11.3. The fraction of sp³-hybridized carbons (Fsp3) is 0.583. The molecule has 0 aliphatic carbocycles. The summed E-state index contributed by atoms with van der Waals surface area (Å²) >= 11 is 0. The van der Waals surface area contributed by atoms with Crippen molar-refractivity contribution in [1.29, 1.82) is 0 Å². The highest BCUT2D eigenvalue weighted by atomic mass is 32.2. The fourth-order valence-corrected chi connectivity index (χ4v) is 2.60. The number of pyridine rings is 1. The van der Waals surface area contributed by atoms with Crippen LogP contribution in [0.15, 0.2) is 23.4 Å². The highest BCUT2D eigenvalue weighted by Crippen LogP contribution is 2.12. The number of piperidine rings is 1. The lowest BCUT2D eigenvalue weighted by Gasteiger charge is -2.24. The molecule has 1 saturated heterocycles. The topological polar surface area (TPSA) is 71.1 Å². The smallest absolute Gasteiger partial charge is 0.192 e. The fourth-order valence-electron chi connectivity index (χ4n) is 2.04. The summed E-state index contributed by atoms with van der Waals surface area (Å²) in [4.78, 5) is 3.94. The molecule has 1 aliphatic rings. The highest BCUT2D eigenvalue weighted by Gasteiger charge is 2.12. The molecule has 5 nitrogen and oxygen atoms in total. The van der Waals surface area contributed by atoms with E-state index in [2.05, 4.69) is 15.6 Å². The Morgan fingerprint density at radius 1 is 1.44 bits per heavy atom. The number of rotatable bonds is 4. The molecule has 1 aliphatic heterocycles. The first-order chi connectivity index (χ1) is 8.55. The molecule has 0 radical (unpaired) electrons. The third-order valence-electron chi connectivity index (χ3n) is 3.08. The van der Waals surface area contributed by atoms with Crippen LogP contribution in [0.4, 0.5) is 5.69 Å². The molecule has 1 fully saturated rings. The minimum atomic E-state index is -3.21. The van der Waals surface area contributed by atoms with Crippen LogP contribution in [0.25, 0.3) is 0 Å². The van der Waals surface area contributed by atoms with E-state index < -0.39 is 9.84 Å². The summed E-state index contributed by atoms with van der Waals surface area (Å²) in [5.74, 6) is 0. The average molecular weight is 269 g/mol. The third kappa shape index (κ3) is 3.68. The van der Waals surface area contributed by atoms with E-state index in [9.17, 15) is 8.42 Å². The molecule has 0 aromatic carbocycles. The second-order valence-corrected chi connectivity index (χ2v) is 6.65. The number of nitrogens with zero attached hydrogens (tertiary/aromatic N) is 1. The first kappa shape index (κ1) is 13.3. The Kier molecular flexibility index (Phi) is 4.19. The van der Waals surface area contributed by atoms with E-state index in [1.54, 1.807) is 12.3 Å². The van der Waals surface area contributed by atoms with Gasteiger partial charge < -0.3 is 10.6 Å². The SMILES string of the molecule is CS(=O)(=O)c1ccc(NCC2CCCCN2)cn1. The summed E-state index contributed by atoms with van der Waals surface area (Å²) < 4.78 is 22.5.